The van der Waals surface area contributed by atoms with Crippen LogP contribution in [0.2, 0.25) is 0 Å². The van der Waals surface area contributed by atoms with Crippen LogP contribution in [-0.4, -0.2) is 32.7 Å². The van der Waals surface area contributed by atoms with Gasteiger partial charge in [-0.1, -0.05) is 15.9 Å². The molecule has 0 spiro atoms. The van der Waals surface area contributed by atoms with E-state index in [0.29, 0.717) is 4.47 Å². The lowest BCUT2D eigenvalue weighted by molar-refractivity contribution is -0.119. The van der Waals surface area contributed by atoms with Crippen molar-refractivity contribution in [3.8, 4) is 5.75 Å². The second-order valence-electron chi connectivity index (χ2n) is 5.05. The highest BCUT2D eigenvalue weighted by atomic mass is 79.9. The average molecular weight is 412 g/mol. The molecule has 132 valence electrons. The van der Waals surface area contributed by atoms with Crippen LogP contribution in [0.1, 0.15) is 10.4 Å². The molecule has 0 fully saturated rings. The molecule has 2 N–H and O–H groups in total. The molecule has 2 aromatic rings. The number of rotatable bonds is 4. The van der Waals surface area contributed by atoms with Crippen LogP contribution in [0.3, 0.4) is 0 Å². The SMILES string of the molecule is Cn1c(NC(=O)COC(=O)c2cc(Br)ccc2O)cc(=O)n(C)c1=O. The predicted octanol–water partition coefficient (Wildman–Crippen LogP) is 0.348. The van der Waals surface area contributed by atoms with Crippen LogP contribution in [0, 0.1) is 0 Å². The fraction of sp³-hybridized carbons (Fsp3) is 0.200. The Morgan fingerprint density at radius 2 is 1.88 bits per heavy atom. The van der Waals surface area contributed by atoms with E-state index in [9.17, 15) is 24.3 Å². The number of aromatic hydroxyl groups is 1. The molecule has 1 heterocycles. The first-order valence-corrected chi connectivity index (χ1v) is 7.72. The van der Waals surface area contributed by atoms with E-state index >= 15 is 0 Å². The Hall–Kier alpha value is -2.88. The van der Waals surface area contributed by atoms with Gasteiger partial charge in [0.1, 0.15) is 17.1 Å². The minimum Gasteiger partial charge on any atom is -0.507 e. The van der Waals surface area contributed by atoms with Gasteiger partial charge in [0.2, 0.25) is 0 Å². The van der Waals surface area contributed by atoms with Crippen LogP contribution in [0.15, 0.2) is 38.3 Å². The van der Waals surface area contributed by atoms with E-state index in [-0.39, 0.29) is 17.1 Å². The molecule has 0 atom stereocenters. The summed E-state index contributed by atoms with van der Waals surface area (Å²) in [5.41, 5.74) is -1.31. The smallest absolute Gasteiger partial charge is 0.342 e. The molecule has 0 saturated carbocycles. The summed E-state index contributed by atoms with van der Waals surface area (Å²) < 4.78 is 7.32. The number of hydrogen-bond donors (Lipinski definition) is 2. The molecular weight excluding hydrogens is 398 g/mol. The van der Waals surface area contributed by atoms with Gasteiger partial charge in [-0.25, -0.2) is 9.59 Å². The Morgan fingerprint density at radius 3 is 2.56 bits per heavy atom. The molecule has 0 bridgehead atoms. The molecule has 1 aromatic carbocycles. The van der Waals surface area contributed by atoms with Gasteiger partial charge in [-0.15, -0.1) is 0 Å². The Balaban J connectivity index is 2.07. The number of carbonyl (C=O) groups excluding carboxylic acids is 2. The molecule has 0 saturated heterocycles. The van der Waals surface area contributed by atoms with Gasteiger partial charge >= 0.3 is 11.7 Å². The number of anilines is 1. The lowest BCUT2D eigenvalue weighted by atomic mass is 10.2. The molecule has 0 aliphatic heterocycles. The highest BCUT2D eigenvalue weighted by molar-refractivity contribution is 9.10. The van der Waals surface area contributed by atoms with Gasteiger partial charge in [-0.2, -0.15) is 0 Å². The fourth-order valence-electron chi connectivity index (χ4n) is 1.91. The monoisotopic (exact) mass is 411 g/mol. The minimum atomic E-state index is -0.896. The standard InChI is InChI=1S/C15H14BrN3O6/c1-18-11(6-13(22)19(2)15(18)24)17-12(21)7-25-14(23)9-5-8(16)3-4-10(9)20/h3-6,20H,7H2,1-2H3,(H,17,21). The van der Waals surface area contributed by atoms with Crippen molar-refractivity contribution in [2.24, 2.45) is 14.1 Å². The van der Waals surface area contributed by atoms with Crippen molar-refractivity contribution in [3.05, 3.63) is 55.1 Å². The summed E-state index contributed by atoms with van der Waals surface area (Å²) in [5, 5.41) is 11.9. The van der Waals surface area contributed by atoms with Crippen molar-refractivity contribution < 1.29 is 19.4 Å². The number of carbonyl (C=O) groups is 2. The number of hydrogen-bond acceptors (Lipinski definition) is 6. The normalized spacial score (nSPS) is 10.4. The molecule has 9 nitrogen and oxygen atoms in total. The fourth-order valence-corrected chi connectivity index (χ4v) is 2.27. The van der Waals surface area contributed by atoms with Crippen molar-refractivity contribution in [1.82, 2.24) is 9.13 Å². The number of nitrogens with zero attached hydrogens (tertiary/aromatic N) is 2. The van der Waals surface area contributed by atoms with Gasteiger partial charge in [0.15, 0.2) is 6.61 Å². The predicted molar refractivity (Wildman–Crippen MR) is 91.6 cm³/mol. The van der Waals surface area contributed by atoms with Crippen LogP contribution in [-0.2, 0) is 23.6 Å². The Morgan fingerprint density at radius 1 is 1.20 bits per heavy atom. The van der Waals surface area contributed by atoms with E-state index in [2.05, 4.69) is 21.2 Å². The van der Waals surface area contributed by atoms with Gasteiger partial charge in [-0.3, -0.25) is 18.7 Å². The third-order valence-electron chi connectivity index (χ3n) is 3.31. The van der Waals surface area contributed by atoms with Crippen molar-refractivity contribution >= 4 is 33.6 Å². The van der Waals surface area contributed by atoms with Crippen molar-refractivity contribution in [2.45, 2.75) is 0 Å². The molecule has 0 radical (unpaired) electrons. The van der Waals surface area contributed by atoms with Crippen LogP contribution in [0.4, 0.5) is 5.82 Å². The summed E-state index contributed by atoms with van der Waals surface area (Å²) >= 11 is 3.15. The first-order chi connectivity index (χ1) is 11.7. The molecular formula is C15H14BrN3O6. The van der Waals surface area contributed by atoms with Crippen molar-refractivity contribution in [1.29, 1.82) is 0 Å². The quantitative estimate of drug-likeness (QED) is 0.700. The number of ether oxygens (including phenoxy) is 1. The van der Waals surface area contributed by atoms with E-state index in [1.165, 1.54) is 32.3 Å². The third kappa shape index (κ3) is 4.15. The van der Waals surface area contributed by atoms with Crippen LogP contribution in [0.25, 0.3) is 0 Å². The molecule has 1 aromatic heterocycles. The zero-order chi connectivity index (χ0) is 18.7. The lowest BCUT2D eigenvalue weighted by Crippen LogP contribution is -2.38. The number of phenolic OH excluding ortho intramolecular Hbond substituents is 1. The second-order valence-corrected chi connectivity index (χ2v) is 5.97. The highest BCUT2D eigenvalue weighted by Gasteiger charge is 2.16. The number of aromatic nitrogens is 2. The largest absolute Gasteiger partial charge is 0.507 e. The molecule has 0 aliphatic rings. The maximum Gasteiger partial charge on any atom is 0.342 e. The van der Waals surface area contributed by atoms with E-state index in [1.807, 2.05) is 0 Å². The number of amides is 1. The van der Waals surface area contributed by atoms with Gasteiger partial charge in [0, 0.05) is 24.6 Å². The van der Waals surface area contributed by atoms with Crippen molar-refractivity contribution in [3.63, 3.8) is 0 Å². The van der Waals surface area contributed by atoms with E-state index in [4.69, 9.17) is 4.74 Å². The van der Waals surface area contributed by atoms with Gasteiger partial charge in [0.25, 0.3) is 11.5 Å². The van der Waals surface area contributed by atoms with Gasteiger partial charge in [0.05, 0.1) is 0 Å². The maximum absolute atomic E-state index is 11.9. The maximum atomic E-state index is 11.9. The number of phenols is 1. The number of esters is 1. The van der Waals surface area contributed by atoms with Gasteiger partial charge < -0.3 is 15.2 Å². The summed E-state index contributed by atoms with van der Waals surface area (Å²) in [6, 6.07) is 5.26. The van der Waals surface area contributed by atoms with E-state index in [0.717, 1.165) is 15.2 Å². The molecule has 10 heteroatoms. The summed E-state index contributed by atoms with van der Waals surface area (Å²) in [7, 11) is 2.69. The first kappa shape index (κ1) is 18.5. The summed E-state index contributed by atoms with van der Waals surface area (Å²) in [5.74, 6) is -1.96. The molecule has 25 heavy (non-hydrogen) atoms. The minimum absolute atomic E-state index is 0.0283. The molecule has 0 unspecified atom stereocenters. The topological polar surface area (TPSA) is 120 Å². The zero-order valence-electron chi connectivity index (χ0n) is 13.3. The summed E-state index contributed by atoms with van der Waals surface area (Å²) in [6.07, 6.45) is 0. The molecule has 2 rings (SSSR count). The Kier molecular flexibility index (Phi) is 5.42. The zero-order valence-corrected chi connectivity index (χ0v) is 14.9. The third-order valence-corrected chi connectivity index (χ3v) is 3.80. The number of halogens is 1. The highest BCUT2D eigenvalue weighted by Crippen LogP contribution is 2.22. The van der Waals surface area contributed by atoms with E-state index in [1.54, 1.807) is 0 Å². The lowest BCUT2D eigenvalue weighted by Gasteiger charge is -2.11. The van der Waals surface area contributed by atoms with E-state index < -0.39 is 29.7 Å². The first-order valence-electron chi connectivity index (χ1n) is 6.93. The summed E-state index contributed by atoms with van der Waals surface area (Å²) in [6.45, 7) is -0.659. The molecule has 0 aliphatic carbocycles. The number of benzene rings is 1. The van der Waals surface area contributed by atoms with Crippen LogP contribution < -0.4 is 16.6 Å². The van der Waals surface area contributed by atoms with Crippen LogP contribution >= 0.6 is 15.9 Å². The summed E-state index contributed by atoms with van der Waals surface area (Å²) in [4.78, 5) is 47.1. The van der Waals surface area contributed by atoms with Gasteiger partial charge in [-0.05, 0) is 18.2 Å². The Bertz CT molecular complexity index is 963. The van der Waals surface area contributed by atoms with Crippen molar-refractivity contribution in [2.75, 3.05) is 11.9 Å². The van der Waals surface area contributed by atoms with Crippen LogP contribution in [0.5, 0.6) is 5.75 Å². The second kappa shape index (κ2) is 7.34. The number of nitrogens with one attached hydrogen (secondary N) is 1. The average Bonchev–Trinajstić information content (AvgIpc) is 2.57. The molecule has 1 amide bonds. The Labute approximate surface area is 149 Å².